The summed E-state index contributed by atoms with van der Waals surface area (Å²) in [5, 5.41) is 2.33. The maximum Gasteiger partial charge on any atom is 0.261 e. The molecule has 0 N–H and O–H groups in total. The van der Waals surface area contributed by atoms with Gasteiger partial charge in [-0.05, 0) is 42.3 Å². The van der Waals surface area contributed by atoms with E-state index in [0.717, 1.165) is 0 Å². The smallest absolute Gasteiger partial charge is 0.261 e. The molecule has 0 aromatic heterocycles. The minimum absolute atomic E-state index is 0.134. The largest absolute Gasteiger partial charge is 0.405 e. The van der Waals surface area contributed by atoms with Crippen LogP contribution in [0, 0.1) is 0 Å². The zero-order chi connectivity index (χ0) is 26.9. The Hall–Kier alpha value is -2.06. The molecule has 0 spiro atoms. The Morgan fingerprint density at radius 2 is 1.54 bits per heavy atom. The van der Waals surface area contributed by atoms with E-state index in [1.54, 1.807) is 12.2 Å². The van der Waals surface area contributed by atoms with Gasteiger partial charge in [0.25, 0.3) is 8.32 Å². The average molecular weight is 523 g/mol. The lowest BCUT2D eigenvalue weighted by Crippen LogP contribution is -2.67. The maximum atomic E-state index is 7.18. The highest BCUT2D eigenvalue weighted by molar-refractivity contribution is 6.99. The molecular formula is C31H42O5Si. The number of fused-ring (bicyclic) bond motifs is 1. The van der Waals surface area contributed by atoms with Crippen LogP contribution < -0.4 is 10.4 Å². The molecule has 2 aromatic rings. The van der Waals surface area contributed by atoms with E-state index in [0.29, 0.717) is 13.0 Å². The van der Waals surface area contributed by atoms with Gasteiger partial charge in [-0.3, -0.25) is 0 Å². The molecule has 6 heteroatoms. The fraction of sp³-hybridized carbons (Fsp3) is 0.484. The Kier molecular flexibility index (Phi) is 8.01. The minimum atomic E-state index is -2.73. The molecule has 4 unspecified atom stereocenters. The van der Waals surface area contributed by atoms with Crippen LogP contribution in [0.5, 0.6) is 0 Å². The molecule has 2 fully saturated rings. The van der Waals surface area contributed by atoms with Gasteiger partial charge in [-0.15, -0.1) is 6.58 Å². The van der Waals surface area contributed by atoms with Crippen molar-refractivity contribution in [2.75, 3.05) is 6.61 Å². The van der Waals surface area contributed by atoms with Gasteiger partial charge in [-0.2, -0.15) is 0 Å². The summed E-state index contributed by atoms with van der Waals surface area (Å²) in [4.78, 5) is 0. The minimum Gasteiger partial charge on any atom is -0.405 e. The zero-order valence-corrected chi connectivity index (χ0v) is 24.1. The number of ether oxygens (including phenoxy) is 4. The number of rotatable bonds is 9. The first kappa shape index (κ1) is 28.0. The van der Waals surface area contributed by atoms with Crippen molar-refractivity contribution >= 4 is 18.7 Å². The van der Waals surface area contributed by atoms with E-state index in [2.05, 4.69) is 94.6 Å². The number of hydrogen-bond donors (Lipinski definition) is 0. The molecule has 2 heterocycles. The van der Waals surface area contributed by atoms with Crippen molar-refractivity contribution in [2.24, 2.45) is 0 Å². The molecular weight excluding hydrogens is 480 g/mol. The quantitative estimate of drug-likeness (QED) is 0.328. The molecule has 2 aliphatic heterocycles. The second kappa shape index (κ2) is 10.6. The number of hydrogen-bond acceptors (Lipinski definition) is 5. The molecule has 200 valence electrons. The van der Waals surface area contributed by atoms with Crippen molar-refractivity contribution in [3.63, 3.8) is 0 Å². The molecule has 5 atom stereocenters. The summed E-state index contributed by atoms with van der Waals surface area (Å²) in [6.45, 7) is 20.9. The van der Waals surface area contributed by atoms with Gasteiger partial charge in [0.2, 0.25) is 5.79 Å². The summed E-state index contributed by atoms with van der Waals surface area (Å²) in [5.41, 5.74) is 0. The monoisotopic (exact) mass is 522 g/mol. The highest BCUT2D eigenvalue weighted by Crippen LogP contribution is 2.45. The Bertz CT molecular complexity index is 1020. The Labute approximate surface area is 223 Å². The maximum absolute atomic E-state index is 7.18. The lowest BCUT2D eigenvalue weighted by molar-refractivity contribution is -0.312. The van der Waals surface area contributed by atoms with Crippen molar-refractivity contribution in [3.05, 3.63) is 86.0 Å². The molecule has 5 nitrogen and oxygen atoms in total. The van der Waals surface area contributed by atoms with Crippen LogP contribution in [0.15, 0.2) is 86.0 Å². The van der Waals surface area contributed by atoms with Crippen LogP contribution in [0.1, 0.15) is 48.0 Å². The third kappa shape index (κ3) is 5.42. The van der Waals surface area contributed by atoms with Gasteiger partial charge in [0.1, 0.15) is 6.10 Å². The summed E-state index contributed by atoms with van der Waals surface area (Å²) in [6.07, 6.45) is 2.88. The molecule has 0 aliphatic carbocycles. The summed E-state index contributed by atoms with van der Waals surface area (Å²) in [7, 11) is -2.73. The fourth-order valence-electron chi connectivity index (χ4n) is 5.71. The standard InChI is InChI=1S/C31H42O5Si/c1-9-23(3)33-31(10-2)28-27(35-30(7,8)36-28)21-24(34-31)22-32-37(29(4,5)6,25-17-13-11-14-18-25)26-19-15-12-16-20-26/h9-20,23-24,27-28H,1-2,21-22H2,3-8H3/t23-,24?,27?,28?,31?/m0/s1. The molecule has 2 aromatic carbocycles. The first-order chi connectivity index (χ1) is 17.5. The van der Waals surface area contributed by atoms with Crippen LogP contribution in [-0.4, -0.2) is 50.9 Å². The molecule has 2 saturated heterocycles. The third-order valence-corrected chi connectivity index (χ3v) is 12.3. The van der Waals surface area contributed by atoms with E-state index in [1.807, 2.05) is 20.8 Å². The molecule has 0 bridgehead atoms. The van der Waals surface area contributed by atoms with E-state index in [-0.39, 0.29) is 23.4 Å². The van der Waals surface area contributed by atoms with Gasteiger partial charge in [-0.25, -0.2) is 0 Å². The summed E-state index contributed by atoms with van der Waals surface area (Å²) in [6, 6.07) is 21.3. The van der Waals surface area contributed by atoms with Crippen molar-refractivity contribution in [1.29, 1.82) is 0 Å². The van der Waals surface area contributed by atoms with Gasteiger partial charge >= 0.3 is 0 Å². The van der Waals surface area contributed by atoms with Gasteiger partial charge in [0.15, 0.2) is 5.79 Å². The van der Waals surface area contributed by atoms with Gasteiger partial charge in [0.05, 0.1) is 24.9 Å². The van der Waals surface area contributed by atoms with Crippen LogP contribution >= 0.6 is 0 Å². The SMILES string of the molecule is C=C[C@H](C)OC1(C=C)OC(CO[Si](c2ccccc2)(c2ccccc2)C(C)(C)C)CC2OC(C)(C)OC21. The molecule has 0 amide bonds. The lowest BCUT2D eigenvalue weighted by Gasteiger charge is -2.47. The normalized spacial score (nSPS) is 28.3. The first-order valence-electron chi connectivity index (χ1n) is 13.2. The molecule has 37 heavy (non-hydrogen) atoms. The van der Waals surface area contributed by atoms with Crippen LogP contribution in [0.25, 0.3) is 0 Å². The molecule has 0 saturated carbocycles. The van der Waals surface area contributed by atoms with Gasteiger partial charge < -0.3 is 23.4 Å². The van der Waals surface area contributed by atoms with Crippen molar-refractivity contribution in [3.8, 4) is 0 Å². The zero-order valence-electron chi connectivity index (χ0n) is 23.1. The molecule has 4 rings (SSSR count). The van der Waals surface area contributed by atoms with Crippen LogP contribution in [0.2, 0.25) is 5.04 Å². The third-order valence-electron chi connectivity index (χ3n) is 7.32. The molecule has 2 aliphatic rings. The Morgan fingerprint density at radius 1 is 0.973 bits per heavy atom. The highest BCUT2D eigenvalue weighted by Gasteiger charge is 2.59. The summed E-state index contributed by atoms with van der Waals surface area (Å²) < 4.78 is 32.9. The second-order valence-corrected chi connectivity index (χ2v) is 15.8. The lowest BCUT2D eigenvalue weighted by atomic mass is 9.95. The Morgan fingerprint density at radius 3 is 2.03 bits per heavy atom. The van der Waals surface area contributed by atoms with Gasteiger partial charge in [0, 0.05) is 6.42 Å². The second-order valence-electron chi connectivity index (χ2n) is 11.5. The predicted octanol–water partition coefficient (Wildman–Crippen LogP) is 5.35. The number of benzene rings is 2. The van der Waals surface area contributed by atoms with Crippen molar-refractivity contribution in [2.45, 2.75) is 89.0 Å². The average Bonchev–Trinajstić information content (AvgIpc) is 3.19. The van der Waals surface area contributed by atoms with E-state index in [9.17, 15) is 0 Å². The van der Waals surface area contributed by atoms with Crippen LogP contribution in [-0.2, 0) is 23.4 Å². The van der Waals surface area contributed by atoms with Crippen molar-refractivity contribution in [1.82, 2.24) is 0 Å². The van der Waals surface area contributed by atoms with Crippen molar-refractivity contribution < 1.29 is 23.4 Å². The predicted molar refractivity (Wildman–Crippen MR) is 151 cm³/mol. The fourth-order valence-corrected chi connectivity index (χ4v) is 10.3. The van der Waals surface area contributed by atoms with Crippen LogP contribution in [0.3, 0.4) is 0 Å². The van der Waals surface area contributed by atoms with Gasteiger partial charge in [-0.1, -0.05) is 94.1 Å². The topological polar surface area (TPSA) is 46.2 Å². The first-order valence-corrected chi connectivity index (χ1v) is 15.1. The van der Waals surface area contributed by atoms with E-state index < -0.39 is 26.0 Å². The van der Waals surface area contributed by atoms with E-state index in [4.69, 9.17) is 23.4 Å². The highest BCUT2D eigenvalue weighted by atomic mass is 28.4. The molecule has 0 radical (unpaired) electrons. The van der Waals surface area contributed by atoms with E-state index in [1.165, 1.54) is 10.4 Å². The summed E-state index contributed by atoms with van der Waals surface area (Å²) >= 11 is 0. The summed E-state index contributed by atoms with van der Waals surface area (Å²) in [5.74, 6) is -1.93. The van der Waals surface area contributed by atoms with Crippen LogP contribution in [0.4, 0.5) is 0 Å². The Balaban J connectivity index is 1.71. The van der Waals surface area contributed by atoms with E-state index >= 15 is 0 Å².